The fourth-order valence-corrected chi connectivity index (χ4v) is 5.41. The summed E-state index contributed by atoms with van der Waals surface area (Å²) in [4.78, 5) is 29.2. The number of sulfonamides is 1. The lowest BCUT2D eigenvalue weighted by molar-refractivity contribution is -0.136. The van der Waals surface area contributed by atoms with E-state index < -0.39 is 10.0 Å². The van der Waals surface area contributed by atoms with Crippen LogP contribution < -0.4 is 4.72 Å². The summed E-state index contributed by atoms with van der Waals surface area (Å²) in [5.41, 5.74) is 1.97. The predicted molar refractivity (Wildman–Crippen MR) is 123 cm³/mol. The molecule has 1 aliphatic carbocycles. The van der Waals surface area contributed by atoms with Gasteiger partial charge in [0.15, 0.2) is 0 Å². The third-order valence-electron chi connectivity index (χ3n) is 6.30. The smallest absolute Gasteiger partial charge is 0.261 e. The summed E-state index contributed by atoms with van der Waals surface area (Å²) in [5.74, 6) is 0.235. The molecule has 1 aliphatic heterocycles. The van der Waals surface area contributed by atoms with Crippen LogP contribution in [-0.2, 0) is 14.8 Å². The number of carbonyl (C=O) groups is 2. The van der Waals surface area contributed by atoms with Crippen molar-refractivity contribution in [2.24, 2.45) is 5.92 Å². The van der Waals surface area contributed by atoms with E-state index in [2.05, 4.69) is 4.72 Å². The van der Waals surface area contributed by atoms with Gasteiger partial charge in [-0.25, -0.2) is 8.42 Å². The highest BCUT2D eigenvalue weighted by molar-refractivity contribution is 7.92. The van der Waals surface area contributed by atoms with Crippen LogP contribution in [0, 0.1) is 12.8 Å². The molecule has 0 atom stereocenters. The zero-order valence-corrected chi connectivity index (χ0v) is 19.1. The molecule has 32 heavy (non-hydrogen) atoms. The van der Waals surface area contributed by atoms with E-state index in [4.69, 9.17) is 0 Å². The zero-order valence-electron chi connectivity index (χ0n) is 18.3. The van der Waals surface area contributed by atoms with Crippen molar-refractivity contribution < 1.29 is 18.0 Å². The molecule has 1 heterocycles. The van der Waals surface area contributed by atoms with Crippen molar-refractivity contribution in [1.82, 2.24) is 9.80 Å². The molecule has 2 aliphatic rings. The fourth-order valence-electron chi connectivity index (χ4n) is 4.36. The van der Waals surface area contributed by atoms with Crippen molar-refractivity contribution in [1.29, 1.82) is 0 Å². The van der Waals surface area contributed by atoms with Gasteiger partial charge in [0.1, 0.15) is 0 Å². The van der Waals surface area contributed by atoms with Crippen molar-refractivity contribution >= 4 is 27.5 Å². The van der Waals surface area contributed by atoms with Gasteiger partial charge >= 0.3 is 0 Å². The molecule has 1 saturated heterocycles. The van der Waals surface area contributed by atoms with E-state index in [0.717, 1.165) is 31.2 Å². The first-order valence-corrected chi connectivity index (χ1v) is 12.6. The van der Waals surface area contributed by atoms with Gasteiger partial charge < -0.3 is 9.80 Å². The highest BCUT2D eigenvalue weighted by atomic mass is 32.2. The van der Waals surface area contributed by atoms with E-state index in [1.54, 1.807) is 29.2 Å². The molecular weight excluding hydrogens is 426 g/mol. The first-order valence-electron chi connectivity index (χ1n) is 11.1. The van der Waals surface area contributed by atoms with Gasteiger partial charge in [-0.05, 0) is 56.2 Å². The summed E-state index contributed by atoms with van der Waals surface area (Å²) in [6.45, 7) is 4.02. The van der Waals surface area contributed by atoms with Crippen LogP contribution in [0.15, 0.2) is 53.4 Å². The van der Waals surface area contributed by atoms with E-state index in [1.165, 1.54) is 12.1 Å². The van der Waals surface area contributed by atoms with Gasteiger partial charge in [0.25, 0.3) is 15.9 Å². The van der Waals surface area contributed by atoms with Gasteiger partial charge in [-0.2, -0.15) is 0 Å². The van der Waals surface area contributed by atoms with E-state index in [1.807, 2.05) is 24.0 Å². The summed E-state index contributed by atoms with van der Waals surface area (Å²) < 4.78 is 27.8. The third-order valence-corrected chi connectivity index (χ3v) is 7.70. The molecule has 8 heteroatoms. The lowest BCUT2D eigenvalue weighted by Gasteiger charge is -2.36. The number of rotatable bonds is 5. The molecule has 2 fully saturated rings. The number of carbonyl (C=O) groups excluding carboxylic acids is 2. The van der Waals surface area contributed by atoms with Crippen LogP contribution in [0.3, 0.4) is 0 Å². The average Bonchev–Trinajstić information content (AvgIpc) is 3.35. The Morgan fingerprint density at radius 2 is 1.41 bits per heavy atom. The van der Waals surface area contributed by atoms with Crippen LogP contribution in [0.5, 0.6) is 0 Å². The molecule has 2 aromatic carbocycles. The second-order valence-corrected chi connectivity index (χ2v) is 10.3. The first-order chi connectivity index (χ1) is 15.3. The number of amides is 2. The third kappa shape index (κ3) is 4.96. The van der Waals surface area contributed by atoms with Crippen molar-refractivity contribution in [3.05, 3.63) is 59.7 Å². The van der Waals surface area contributed by atoms with Gasteiger partial charge in [0.2, 0.25) is 5.91 Å². The Labute approximate surface area is 189 Å². The number of aryl methyl sites for hydroxylation is 1. The molecular formula is C24H29N3O4S. The number of hydrogen-bond donors (Lipinski definition) is 1. The Morgan fingerprint density at radius 1 is 0.844 bits per heavy atom. The van der Waals surface area contributed by atoms with Gasteiger partial charge in [0.05, 0.1) is 4.90 Å². The van der Waals surface area contributed by atoms with Crippen LogP contribution in [0.25, 0.3) is 0 Å². The Hall–Kier alpha value is -2.87. The monoisotopic (exact) mass is 455 g/mol. The van der Waals surface area contributed by atoms with Crippen molar-refractivity contribution in [3.8, 4) is 0 Å². The maximum absolute atomic E-state index is 12.9. The molecule has 2 aromatic rings. The zero-order chi connectivity index (χ0) is 22.7. The minimum absolute atomic E-state index is 0.0987. The van der Waals surface area contributed by atoms with E-state index in [0.29, 0.717) is 37.4 Å². The largest absolute Gasteiger partial charge is 0.339 e. The lowest BCUT2D eigenvalue weighted by Crippen LogP contribution is -2.51. The maximum atomic E-state index is 12.9. The summed E-state index contributed by atoms with van der Waals surface area (Å²) in [7, 11) is -3.74. The van der Waals surface area contributed by atoms with Crippen molar-refractivity contribution in [2.75, 3.05) is 30.9 Å². The molecule has 4 rings (SSSR count). The lowest BCUT2D eigenvalue weighted by atomic mass is 10.1. The Morgan fingerprint density at radius 3 is 2.00 bits per heavy atom. The molecule has 170 valence electrons. The Kier molecular flexibility index (Phi) is 6.50. The molecule has 0 unspecified atom stereocenters. The topological polar surface area (TPSA) is 86.8 Å². The number of hydrogen-bond acceptors (Lipinski definition) is 4. The van der Waals surface area contributed by atoms with Gasteiger partial charge in [-0.1, -0.05) is 30.5 Å². The minimum Gasteiger partial charge on any atom is -0.339 e. The number of anilines is 1. The molecule has 0 bridgehead atoms. The minimum atomic E-state index is -3.74. The Balaban J connectivity index is 1.36. The Bertz CT molecular complexity index is 1070. The summed E-state index contributed by atoms with van der Waals surface area (Å²) in [6, 6.07) is 13.1. The number of nitrogens with zero attached hydrogens (tertiary/aromatic N) is 2. The molecule has 1 N–H and O–H groups in total. The second kappa shape index (κ2) is 9.32. The average molecular weight is 456 g/mol. The fraction of sp³-hybridized carbons (Fsp3) is 0.417. The summed E-state index contributed by atoms with van der Waals surface area (Å²) in [6.07, 6.45) is 4.21. The van der Waals surface area contributed by atoms with Gasteiger partial charge in [-0.15, -0.1) is 0 Å². The van der Waals surface area contributed by atoms with Crippen LogP contribution >= 0.6 is 0 Å². The number of nitrogens with one attached hydrogen (secondary N) is 1. The van der Waals surface area contributed by atoms with Crippen LogP contribution in [0.4, 0.5) is 5.69 Å². The van der Waals surface area contributed by atoms with Crippen molar-refractivity contribution in [3.63, 3.8) is 0 Å². The normalized spacial score (nSPS) is 17.4. The summed E-state index contributed by atoms with van der Waals surface area (Å²) in [5, 5.41) is 0. The van der Waals surface area contributed by atoms with Crippen LogP contribution in [0.2, 0.25) is 0 Å². The van der Waals surface area contributed by atoms with Gasteiger partial charge in [0, 0.05) is 43.3 Å². The second-order valence-electron chi connectivity index (χ2n) is 8.59. The first kappa shape index (κ1) is 22.3. The molecule has 2 amide bonds. The highest BCUT2D eigenvalue weighted by Crippen LogP contribution is 2.27. The van der Waals surface area contributed by atoms with E-state index in [9.17, 15) is 18.0 Å². The maximum Gasteiger partial charge on any atom is 0.261 e. The number of piperazine rings is 1. The summed E-state index contributed by atoms with van der Waals surface area (Å²) >= 11 is 0. The quantitative estimate of drug-likeness (QED) is 0.750. The highest BCUT2D eigenvalue weighted by Gasteiger charge is 2.30. The molecule has 0 spiro atoms. The van der Waals surface area contributed by atoms with E-state index >= 15 is 0 Å². The molecule has 7 nitrogen and oxygen atoms in total. The predicted octanol–water partition coefficient (Wildman–Crippen LogP) is 3.27. The standard InChI is InChI=1S/C24H29N3O4S/c1-18-6-10-21(11-7-18)25-32(30,31)22-12-8-20(9-13-22)24(29)27-16-14-26(15-17-27)23(28)19-4-2-3-5-19/h6-13,19,25H,2-5,14-17H2,1H3. The van der Waals surface area contributed by atoms with Crippen molar-refractivity contribution in [2.45, 2.75) is 37.5 Å². The molecule has 1 saturated carbocycles. The van der Waals surface area contributed by atoms with E-state index in [-0.39, 0.29) is 22.6 Å². The van der Waals surface area contributed by atoms with Gasteiger partial charge in [-0.3, -0.25) is 14.3 Å². The van der Waals surface area contributed by atoms with Crippen LogP contribution in [-0.4, -0.2) is 56.2 Å². The number of benzene rings is 2. The molecule has 0 radical (unpaired) electrons. The SMILES string of the molecule is Cc1ccc(NS(=O)(=O)c2ccc(C(=O)N3CCN(C(=O)C4CCCC4)CC3)cc2)cc1. The van der Waals surface area contributed by atoms with Crippen LogP contribution in [0.1, 0.15) is 41.6 Å². The molecule has 0 aromatic heterocycles.